The van der Waals surface area contributed by atoms with Gasteiger partial charge >= 0.3 is 0 Å². The fraction of sp³-hybridized carbons (Fsp3) is 0.368. The Balaban J connectivity index is 1.78. The van der Waals surface area contributed by atoms with Crippen LogP contribution in [0.4, 0.5) is 11.4 Å². The molecule has 6 nitrogen and oxygen atoms in total. The van der Waals surface area contributed by atoms with Crippen LogP contribution in [0.3, 0.4) is 0 Å². The maximum atomic E-state index is 12.7. The zero-order chi connectivity index (χ0) is 18.9. The SMILES string of the molecule is Cc1cccc(Nc2ccnc(C(=O)N(C)C3CCS(=O)(=O)C3)c2)c1C. The van der Waals surface area contributed by atoms with Gasteiger partial charge in [0.2, 0.25) is 0 Å². The summed E-state index contributed by atoms with van der Waals surface area (Å²) in [6, 6.07) is 9.23. The number of aromatic nitrogens is 1. The third-order valence-electron chi connectivity index (χ3n) is 4.94. The lowest BCUT2D eigenvalue weighted by molar-refractivity contribution is 0.0742. The lowest BCUT2D eigenvalue weighted by Gasteiger charge is -2.23. The first-order valence-corrected chi connectivity index (χ1v) is 10.4. The van der Waals surface area contributed by atoms with E-state index in [0.29, 0.717) is 12.1 Å². The molecule has 138 valence electrons. The Bertz CT molecular complexity index is 941. The van der Waals surface area contributed by atoms with Crippen molar-refractivity contribution < 1.29 is 13.2 Å². The van der Waals surface area contributed by atoms with Crippen LogP contribution in [0.15, 0.2) is 36.5 Å². The van der Waals surface area contributed by atoms with Crippen molar-refractivity contribution in [1.82, 2.24) is 9.88 Å². The van der Waals surface area contributed by atoms with Gasteiger partial charge in [0, 0.05) is 30.7 Å². The predicted molar refractivity (Wildman–Crippen MR) is 103 cm³/mol. The second kappa shape index (κ2) is 7.07. The Hall–Kier alpha value is -2.41. The van der Waals surface area contributed by atoms with Gasteiger partial charge < -0.3 is 10.2 Å². The van der Waals surface area contributed by atoms with E-state index in [1.54, 1.807) is 25.4 Å². The minimum absolute atomic E-state index is 0.0235. The van der Waals surface area contributed by atoms with Crippen molar-refractivity contribution in [2.75, 3.05) is 23.9 Å². The molecule has 1 aliphatic heterocycles. The molecule has 2 heterocycles. The van der Waals surface area contributed by atoms with Crippen molar-refractivity contribution in [3.63, 3.8) is 0 Å². The zero-order valence-electron chi connectivity index (χ0n) is 15.2. The Morgan fingerprint density at radius 1 is 1.27 bits per heavy atom. The van der Waals surface area contributed by atoms with Crippen LogP contribution in [0, 0.1) is 13.8 Å². The normalized spacial score (nSPS) is 18.5. The first-order valence-electron chi connectivity index (χ1n) is 8.54. The molecule has 1 saturated heterocycles. The molecule has 7 heteroatoms. The highest BCUT2D eigenvalue weighted by molar-refractivity contribution is 7.91. The summed E-state index contributed by atoms with van der Waals surface area (Å²) in [5, 5.41) is 3.32. The van der Waals surface area contributed by atoms with Gasteiger partial charge in [-0.05, 0) is 49.6 Å². The number of nitrogens with one attached hydrogen (secondary N) is 1. The zero-order valence-corrected chi connectivity index (χ0v) is 16.0. The minimum Gasteiger partial charge on any atom is -0.355 e. The molecule has 3 rings (SSSR count). The number of carbonyl (C=O) groups excluding carboxylic acids is 1. The third kappa shape index (κ3) is 3.88. The Morgan fingerprint density at radius 2 is 2.04 bits per heavy atom. The van der Waals surface area contributed by atoms with E-state index in [0.717, 1.165) is 16.9 Å². The van der Waals surface area contributed by atoms with Gasteiger partial charge in [0.05, 0.1) is 11.5 Å². The van der Waals surface area contributed by atoms with Crippen LogP contribution in [0.25, 0.3) is 0 Å². The van der Waals surface area contributed by atoms with Gasteiger partial charge in [-0.1, -0.05) is 12.1 Å². The summed E-state index contributed by atoms with van der Waals surface area (Å²) < 4.78 is 23.3. The van der Waals surface area contributed by atoms with Crippen LogP contribution >= 0.6 is 0 Å². The highest BCUT2D eigenvalue weighted by Crippen LogP contribution is 2.24. The highest BCUT2D eigenvalue weighted by atomic mass is 32.2. The molecule has 1 aromatic heterocycles. The Morgan fingerprint density at radius 3 is 2.73 bits per heavy atom. The molecule has 1 aromatic carbocycles. The van der Waals surface area contributed by atoms with Crippen molar-refractivity contribution in [1.29, 1.82) is 0 Å². The standard InChI is InChI=1S/C19H23N3O3S/c1-13-5-4-6-17(14(13)2)21-15-7-9-20-18(11-15)19(23)22(3)16-8-10-26(24,25)12-16/h4-7,9,11,16H,8,10,12H2,1-3H3,(H,20,21). The molecule has 0 spiro atoms. The predicted octanol–water partition coefficient (Wildman–Crippen LogP) is 2.70. The molecule has 0 aliphatic carbocycles. The molecular formula is C19H23N3O3S. The summed E-state index contributed by atoms with van der Waals surface area (Å²) in [7, 11) is -1.40. The number of hydrogen-bond acceptors (Lipinski definition) is 5. The van der Waals surface area contributed by atoms with Gasteiger partial charge in [-0.25, -0.2) is 8.42 Å². The van der Waals surface area contributed by atoms with E-state index in [1.807, 2.05) is 32.0 Å². The molecule has 1 aliphatic rings. The number of anilines is 2. The molecule has 1 N–H and O–H groups in total. The first-order chi connectivity index (χ1) is 12.3. The molecular weight excluding hydrogens is 350 g/mol. The number of pyridine rings is 1. The van der Waals surface area contributed by atoms with E-state index in [2.05, 4.69) is 10.3 Å². The van der Waals surface area contributed by atoms with Gasteiger partial charge in [-0.15, -0.1) is 0 Å². The molecule has 2 aromatic rings. The van der Waals surface area contributed by atoms with Crippen molar-refractivity contribution in [3.8, 4) is 0 Å². The molecule has 0 bridgehead atoms. The smallest absolute Gasteiger partial charge is 0.272 e. The molecule has 0 saturated carbocycles. The lowest BCUT2D eigenvalue weighted by atomic mass is 10.1. The van der Waals surface area contributed by atoms with Crippen LogP contribution in [-0.2, 0) is 9.84 Å². The largest absolute Gasteiger partial charge is 0.355 e. The summed E-state index contributed by atoms with van der Waals surface area (Å²) in [6.45, 7) is 4.09. The molecule has 1 atom stereocenters. The van der Waals surface area contributed by atoms with Crippen LogP contribution in [-0.4, -0.2) is 48.8 Å². The van der Waals surface area contributed by atoms with Crippen LogP contribution in [0.5, 0.6) is 0 Å². The molecule has 26 heavy (non-hydrogen) atoms. The van der Waals surface area contributed by atoms with E-state index in [1.165, 1.54) is 10.5 Å². The average molecular weight is 373 g/mol. The minimum atomic E-state index is -3.04. The number of rotatable bonds is 4. The average Bonchev–Trinajstić information content (AvgIpc) is 2.98. The number of sulfone groups is 1. The van der Waals surface area contributed by atoms with E-state index in [4.69, 9.17) is 0 Å². The first kappa shape index (κ1) is 18.4. The van der Waals surface area contributed by atoms with Crippen molar-refractivity contribution >= 4 is 27.1 Å². The lowest BCUT2D eigenvalue weighted by Crippen LogP contribution is -2.38. The maximum Gasteiger partial charge on any atom is 0.272 e. The Kier molecular flexibility index (Phi) is 5.00. The molecule has 0 radical (unpaired) electrons. The van der Waals surface area contributed by atoms with E-state index < -0.39 is 9.84 Å². The summed E-state index contributed by atoms with van der Waals surface area (Å²) in [4.78, 5) is 18.4. The molecule has 1 amide bonds. The second-order valence-corrected chi connectivity index (χ2v) is 9.00. The molecule has 1 unspecified atom stereocenters. The number of hydrogen-bond donors (Lipinski definition) is 1. The summed E-state index contributed by atoms with van der Waals surface area (Å²) in [5.41, 5.74) is 4.37. The second-order valence-electron chi connectivity index (χ2n) is 6.78. The maximum absolute atomic E-state index is 12.7. The van der Waals surface area contributed by atoms with Crippen LogP contribution < -0.4 is 5.32 Å². The van der Waals surface area contributed by atoms with Crippen molar-refractivity contribution in [2.45, 2.75) is 26.3 Å². The van der Waals surface area contributed by atoms with Crippen molar-refractivity contribution in [3.05, 3.63) is 53.3 Å². The number of amides is 1. The number of carbonyl (C=O) groups is 1. The molecule has 1 fully saturated rings. The quantitative estimate of drug-likeness (QED) is 0.891. The number of aryl methyl sites for hydroxylation is 1. The van der Waals surface area contributed by atoms with E-state index >= 15 is 0 Å². The third-order valence-corrected chi connectivity index (χ3v) is 6.69. The monoisotopic (exact) mass is 373 g/mol. The fourth-order valence-corrected chi connectivity index (χ4v) is 4.87. The fourth-order valence-electron chi connectivity index (χ4n) is 3.09. The van der Waals surface area contributed by atoms with Gasteiger partial charge in [0.1, 0.15) is 5.69 Å². The van der Waals surface area contributed by atoms with Gasteiger partial charge in [0.25, 0.3) is 5.91 Å². The Labute approximate surface area is 154 Å². The van der Waals surface area contributed by atoms with E-state index in [-0.39, 0.29) is 23.5 Å². The highest BCUT2D eigenvalue weighted by Gasteiger charge is 2.33. The summed E-state index contributed by atoms with van der Waals surface area (Å²) >= 11 is 0. The topological polar surface area (TPSA) is 79.4 Å². The summed E-state index contributed by atoms with van der Waals surface area (Å²) in [6.07, 6.45) is 2.06. The van der Waals surface area contributed by atoms with Gasteiger partial charge in [-0.2, -0.15) is 0 Å². The number of nitrogens with zero attached hydrogens (tertiary/aromatic N) is 2. The summed E-state index contributed by atoms with van der Waals surface area (Å²) in [5.74, 6) is -0.108. The van der Waals surface area contributed by atoms with Crippen molar-refractivity contribution in [2.24, 2.45) is 0 Å². The van der Waals surface area contributed by atoms with Crippen LogP contribution in [0.2, 0.25) is 0 Å². The van der Waals surface area contributed by atoms with E-state index in [9.17, 15) is 13.2 Å². The van der Waals surface area contributed by atoms with Gasteiger partial charge in [0.15, 0.2) is 9.84 Å². The van der Waals surface area contributed by atoms with Crippen LogP contribution in [0.1, 0.15) is 28.0 Å². The van der Waals surface area contributed by atoms with Gasteiger partial charge in [-0.3, -0.25) is 9.78 Å². The number of benzene rings is 1.